The lowest BCUT2D eigenvalue weighted by Crippen LogP contribution is -2.31. The summed E-state index contributed by atoms with van der Waals surface area (Å²) in [4.78, 5) is 23.7. The molecule has 5 nitrogen and oxygen atoms in total. The van der Waals surface area contributed by atoms with Gasteiger partial charge in [0.25, 0.3) is 5.56 Å². The molecule has 4 aromatic rings. The van der Waals surface area contributed by atoms with E-state index in [1.54, 1.807) is 42.5 Å². The van der Waals surface area contributed by atoms with Gasteiger partial charge in [-0.05, 0) is 42.0 Å². The molecule has 0 aliphatic heterocycles. The second-order valence-corrected chi connectivity index (χ2v) is 7.72. The van der Waals surface area contributed by atoms with Crippen molar-refractivity contribution in [2.24, 2.45) is 0 Å². The summed E-state index contributed by atoms with van der Waals surface area (Å²) in [5, 5.41) is 8.99. The summed E-state index contributed by atoms with van der Waals surface area (Å²) >= 11 is 1.25. The molecule has 4 rings (SSSR count). The summed E-state index contributed by atoms with van der Waals surface area (Å²) in [6.07, 6.45) is 1.65. The summed E-state index contributed by atoms with van der Waals surface area (Å²) in [6.45, 7) is 4.25. The molecular weight excluding hydrogens is 405 g/mol. The molecule has 0 aliphatic carbocycles. The number of nitrogens with zero attached hydrogens (tertiary/aromatic N) is 1. The maximum Gasteiger partial charge on any atom is 0.335 e. The third kappa shape index (κ3) is 4.01. The smallest absolute Gasteiger partial charge is 0.335 e. The molecule has 0 unspecified atom stereocenters. The molecule has 0 atom stereocenters. The first-order valence-corrected chi connectivity index (χ1v) is 9.81. The van der Waals surface area contributed by atoms with E-state index in [0.29, 0.717) is 27.3 Å². The van der Waals surface area contributed by atoms with Crippen LogP contribution in [-0.4, -0.2) is 15.6 Å². The van der Waals surface area contributed by atoms with E-state index in [4.69, 9.17) is 9.52 Å². The number of rotatable bonds is 5. The molecule has 0 saturated heterocycles. The maximum atomic E-state index is 13.1. The number of carbonyl (C=O) groups is 1. The number of benzene rings is 2. The Balaban J connectivity index is 1.63. The quantitative estimate of drug-likeness (QED) is 0.537. The zero-order valence-electron chi connectivity index (χ0n) is 15.7. The van der Waals surface area contributed by atoms with Gasteiger partial charge < -0.3 is 9.52 Å². The Hall–Kier alpha value is -3.71. The van der Waals surface area contributed by atoms with Crippen LogP contribution in [0.25, 0.3) is 24.0 Å². The fourth-order valence-corrected chi connectivity index (χ4v) is 3.87. The van der Waals surface area contributed by atoms with Gasteiger partial charge in [0.2, 0.25) is 0 Å². The van der Waals surface area contributed by atoms with Crippen molar-refractivity contribution in [3.63, 3.8) is 0 Å². The number of furan rings is 1. The van der Waals surface area contributed by atoms with E-state index >= 15 is 0 Å². The minimum atomic E-state index is -0.992. The van der Waals surface area contributed by atoms with E-state index in [2.05, 4.69) is 6.58 Å². The van der Waals surface area contributed by atoms with Gasteiger partial charge in [-0.15, -0.1) is 11.3 Å². The Labute approximate surface area is 174 Å². The minimum Gasteiger partial charge on any atom is -0.478 e. The maximum absolute atomic E-state index is 13.1. The van der Waals surface area contributed by atoms with Crippen molar-refractivity contribution < 1.29 is 18.7 Å². The highest BCUT2D eigenvalue weighted by Gasteiger charge is 2.08. The lowest BCUT2D eigenvalue weighted by atomic mass is 10.1. The van der Waals surface area contributed by atoms with Gasteiger partial charge in [-0.25, -0.2) is 9.18 Å². The molecule has 0 radical (unpaired) electrons. The number of carboxylic acids is 1. The highest BCUT2D eigenvalue weighted by atomic mass is 32.1. The van der Waals surface area contributed by atoms with E-state index in [-0.39, 0.29) is 16.9 Å². The van der Waals surface area contributed by atoms with Gasteiger partial charge in [0.1, 0.15) is 17.3 Å². The van der Waals surface area contributed by atoms with Crippen LogP contribution in [0.3, 0.4) is 0 Å². The van der Waals surface area contributed by atoms with E-state index in [0.717, 1.165) is 11.1 Å². The van der Waals surface area contributed by atoms with Crippen LogP contribution >= 0.6 is 11.3 Å². The SMILES string of the molecule is C=c1s/c(=C\c2ccc(-c3ccc(C(=O)O)cc3)o2)c(=O)n1Cc1ccc(F)cc1. The first-order chi connectivity index (χ1) is 14.4. The number of carboxylic acid groups (broad SMARTS) is 1. The molecule has 2 aromatic heterocycles. The topological polar surface area (TPSA) is 72.4 Å². The highest BCUT2D eigenvalue weighted by Crippen LogP contribution is 2.23. The zero-order chi connectivity index (χ0) is 21.3. The lowest BCUT2D eigenvalue weighted by molar-refractivity contribution is 0.0697. The van der Waals surface area contributed by atoms with Gasteiger partial charge in [0, 0.05) is 11.6 Å². The van der Waals surface area contributed by atoms with Crippen molar-refractivity contribution in [1.29, 1.82) is 0 Å². The summed E-state index contributed by atoms with van der Waals surface area (Å²) in [7, 11) is 0. The van der Waals surface area contributed by atoms with Gasteiger partial charge >= 0.3 is 5.97 Å². The minimum absolute atomic E-state index is 0.195. The van der Waals surface area contributed by atoms with Crippen LogP contribution in [0.15, 0.2) is 69.9 Å². The molecule has 2 aromatic carbocycles. The molecule has 7 heteroatoms. The Kier molecular flexibility index (Phi) is 5.20. The third-order valence-electron chi connectivity index (χ3n) is 4.56. The zero-order valence-corrected chi connectivity index (χ0v) is 16.5. The van der Waals surface area contributed by atoms with Crippen LogP contribution in [0.5, 0.6) is 0 Å². The second-order valence-electron chi connectivity index (χ2n) is 6.61. The van der Waals surface area contributed by atoms with Crippen molar-refractivity contribution in [3.8, 4) is 11.3 Å². The van der Waals surface area contributed by atoms with Crippen molar-refractivity contribution in [2.45, 2.75) is 6.54 Å². The largest absolute Gasteiger partial charge is 0.478 e. The molecule has 150 valence electrons. The normalized spacial score (nSPS) is 11.7. The van der Waals surface area contributed by atoms with Crippen molar-refractivity contribution in [1.82, 2.24) is 4.57 Å². The first kappa shape index (κ1) is 19.6. The summed E-state index contributed by atoms with van der Waals surface area (Å²) in [5.74, 6) is -0.254. The van der Waals surface area contributed by atoms with Gasteiger partial charge in [0.05, 0.1) is 21.3 Å². The number of halogens is 1. The molecule has 0 spiro atoms. The predicted octanol–water partition coefficient (Wildman–Crippen LogP) is 3.29. The molecule has 0 saturated carbocycles. The van der Waals surface area contributed by atoms with Crippen LogP contribution in [0.2, 0.25) is 0 Å². The first-order valence-electron chi connectivity index (χ1n) is 8.99. The van der Waals surface area contributed by atoms with E-state index in [9.17, 15) is 14.0 Å². The van der Waals surface area contributed by atoms with Gasteiger partial charge in [-0.2, -0.15) is 0 Å². The molecule has 1 N–H and O–H groups in total. The third-order valence-corrected chi connectivity index (χ3v) is 5.52. The monoisotopic (exact) mass is 421 g/mol. The predicted molar refractivity (Wildman–Crippen MR) is 114 cm³/mol. The standard InChI is InChI=1S/C23H16FNO4S/c1-14-25(13-15-2-8-18(24)9-3-15)22(26)21(30-14)12-19-10-11-20(29-19)16-4-6-17(7-5-16)23(27)28/h2-12H,1,13H2,(H,27,28)/b21-12-. The van der Waals surface area contributed by atoms with E-state index in [1.807, 2.05) is 0 Å². The molecular formula is C23H16FNO4S. The molecule has 30 heavy (non-hydrogen) atoms. The Morgan fingerprint density at radius 3 is 2.47 bits per heavy atom. The molecule has 0 fully saturated rings. The van der Waals surface area contributed by atoms with Crippen LogP contribution in [0.1, 0.15) is 21.7 Å². The number of aromatic nitrogens is 1. The molecule has 2 heterocycles. The summed E-state index contributed by atoms with van der Waals surface area (Å²) in [5.41, 5.74) is 1.54. The van der Waals surface area contributed by atoms with Crippen LogP contribution < -0.4 is 14.8 Å². The van der Waals surface area contributed by atoms with Crippen LogP contribution in [0, 0.1) is 5.82 Å². The number of thiazole rings is 1. The van der Waals surface area contributed by atoms with Crippen molar-refractivity contribution in [3.05, 3.63) is 103 Å². The van der Waals surface area contributed by atoms with Crippen LogP contribution in [-0.2, 0) is 6.54 Å². The highest BCUT2D eigenvalue weighted by molar-refractivity contribution is 7.07. The molecule has 0 aliphatic rings. The fraction of sp³-hybridized carbons (Fsp3) is 0.0435. The second kappa shape index (κ2) is 7.96. The average molecular weight is 421 g/mol. The van der Waals surface area contributed by atoms with Gasteiger partial charge in [0.15, 0.2) is 0 Å². The van der Waals surface area contributed by atoms with E-state index in [1.165, 1.54) is 40.2 Å². The molecule has 0 amide bonds. The summed E-state index contributed by atoms with van der Waals surface area (Å²) < 4.78 is 21.5. The summed E-state index contributed by atoms with van der Waals surface area (Å²) in [6, 6.07) is 15.8. The van der Waals surface area contributed by atoms with Gasteiger partial charge in [-0.1, -0.05) is 30.8 Å². The van der Waals surface area contributed by atoms with Crippen molar-refractivity contribution in [2.75, 3.05) is 0 Å². The molecule has 0 bridgehead atoms. The fourth-order valence-electron chi connectivity index (χ4n) is 2.99. The van der Waals surface area contributed by atoms with E-state index < -0.39 is 5.97 Å². The number of aromatic carboxylic acids is 1. The Morgan fingerprint density at radius 2 is 1.80 bits per heavy atom. The lowest BCUT2D eigenvalue weighted by Gasteiger charge is -2.01. The van der Waals surface area contributed by atoms with Gasteiger partial charge in [-0.3, -0.25) is 9.36 Å². The van der Waals surface area contributed by atoms with Crippen LogP contribution in [0.4, 0.5) is 4.39 Å². The van der Waals surface area contributed by atoms with Crippen molar-refractivity contribution >= 4 is 30.0 Å². The number of hydrogen-bond donors (Lipinski definition) is 1. The average Bonchev–Trinajstić information content (AvgIpc) is 3.30. The Bertz CT molecular complexity index is 1380. The number of hydrogen-bond acceptors (Lipinski definition) is 4. The Morgan fingerprint density at radius 1 is 1.10 bits per heavy atom.